The molecular weight excluding hydrogens is 414 g/mol. The Balaban J connectivity index is 1.71. The summed E-state index contributed by atoms with van der Waals surface area (Å²) in [5, 5.41) is 6.54. The lowest BCUT2D eigenvalue weighted by Gasteiger charge is -2.33. The Morgan fingerprint density at radius 3 is 2.48 bits per heavy atom. The van der Waals surface area contributed by atoms with Crippen LogP contribution in [0.4, 0.5) is 9.59 Å². The monoisotopic (exact) mass is 451 g/mol. The van der Waals surface area contributed by atoms with Crippen LogP contribution in [0.5, 0.6) is 0 Å². The largest absolute Gasteiger partial charge is 0.445 e. The van der Waals surface area contributed by atoms with E-state index in [0.29, 0.717) is 32.3 Å². The molecular formula is C23H37N3O4S. The second kappa shape index (κ2) is 12.8. The van der Waals surface area contributed by atoms with Crippen molar-refractivity contribution < 1.29 is 19.1 Å². The fraction of sp³-hybridized carbons (Fsp3) is 0.652. The molecule has 1 aromatic carbocycles. The maximum atomic E-state index is 12.3. The SMILES string of the molecule is CSCC[C@@H](CNC1CCN(C(=O)OCc2ccccc2)CC1)NC(=O)OC(C)(C)C. The molecule has 2 amide bonds. The molecule has 0 unspecified atom stereocenters. The summed E-state index contributed by atoms with van der Waals surface area (Å²) < 4.78 is 10.8. The van der Waals surface area contributed by atoms with Gasteiger partial charge in [0.1, 0.15) is 12.2 Å². The van der Waals surface area contributed by atoms with E-state index >= 15 is 0 Å². The number of nitrogens with zero attached hydrogens (tertiary/aromatic N) is 1. The van der Waals surface area contributed by atoms with Gasteiger partial charge in [-0.2, -0.15) is 11.8 Å². The predicted octanol–water partition coefficient (Wildman–Crippen LogP) is 4.02. The molecule has 1 saturated heterocycles. The van der Waals surface area contributed by atoms with Crippen molar-refractivity contribution in [3.05, 3.63) is 35.9 Å². The third-order valence-electron chi connectivity index (χ3n) is 5.00. The van der Waals surface area contributed by atoms with Gasteiger partial charge in [0.25, 0.3) is 0 Å². The van der Waals surface area contributed by atoms with E-state index in [4.69, 9.17) is 9.47 Å². The van der Waals surface area contributed by atoms with Crippen molar-refractivity contribution in [1.82, 2.24) is 15.5 Å². The summed E-state index contributed by atoms with van der Waals surface area (Å²) >= 11 is 1.76. The number of piperidine rings is 1. The van der Waals surface area contributed by atoms with Crippen molar-refractivity contribution in [1.29, 1.82) is 0 Å². The van der Waals surface area contributed by atoms with Gasteiger partial charge in [0.15, 0.2) is 0 Å². The molecule has 2 rings (SSSR count). The van der Waals surface area contributed by atoms with Crippen LogP contribution in [0, 0.1) is 0 Å². The van der Waals surface area contributed by atoms with Gasteiger partial charge in [0.05, 0.1) is 0 Å². The number of likely N-dealkylation sites (tertiary alicyclic amines) is 1. The summed E-state index contributed by atoms with van der Waals surface area (Å²) in [6.45, 7) is 7.90. The van der Waals surface area contributed by atoms with Gasteiger partial charge in [-0.15, -0.1) is 0 Å². The quantitative estimate of drug-likeness (QED) is 0.590. The number of nitrogens with one attached hydrogen (secondary N) is 2. The molecule has 0 radical (unpaired) electrons. The molecule has 1 atom stereocenters. The Morgan fingerprint density at radius 1 is 1.19 bits per heavy atom. The highest BCUT2D eigenvalue weighted by Crippen LogP contribution is 2.13. The molecule has 7 nitrogen and oxygen atoms in total. The number of carbonyl (C=O) groups excluding carboxylic acids is 2. The van der Waals surface area contributed by atoms with Gasteiger partial charge in [-0.3, -0.25) is 0 Å². The number of hydrogen-bond acceptors (Lipinski definition) is 6. The number of hydrogen-bond donors (Lipinski definition) is 2. The van der Waals surface area contributed by atoms with Gasteiger partial charge < -0.3 is 25.0 Å². The number of thioether (sulfide) groups is 1. The standard InChI is InChI=1S/C23H37N3O4S/c1-23(2,3)30-21(27)25-20(12-15-31-4)16-24-19-10-13-26(14-11-19)22(28)29-17-18-8-6-5-7-9-18/h5-9,19-20,24H,10-17H2,1-4H3,(H,25,27)/t20-/m0/s1. The second-order valence-electron chi connectivity index (χ2n) is 8.83. The topological polar surface area (TPSA) is 79.9 Å². The zero-order valence-electron chi connectivity index (χ0n) is 19.2. The molecule has 31 heavy (non-hydrogen) atoms. The van der Waals surface area contributed by atoms with Crippen LogP contribution in [0.15, 0.2) is 30.3 Å². The van der Waals surface area contributed by atoms with Crippen LogP contribution in [0.3, 0.4) is 0 Å². The highest BCUT2D eigenvalue weighted by Gasteiger charge is 2.25. The lowest BCUT2D eigenvalue weighted by atomic mass is 10.0. The van der Waals surface area contributed by atoms with E-state index < -0.39 is 5.60 Å². The summed E-state index contributed by atoms with van der Waals surface area (Å²) in [5.41, 5.74) is 0.477. The van der Waals surface area contributed by atoms with Gasteiger partial charge in [0, 0.05) is 31.7 Å². The summed E-state index contributed by atoms with van der Waals surface area (Å²) in [6, 6.07) is 10.0. The molecule has 0 aromatic heterocycles. The second-order valence-corrected chi connectivity index (χ2v) is 9.82. The fourth-order valence-corrected chi connectivity index (χ4v) is 3.87. The molecule has 2 N–H and O–H groups in total. The molecule has 0 saturated carbocycles. The van der Waals surface area contributed by atoms with E-state index in [1.54, 1.807) is 16.7 Å². The maximum absolute atomic E-state index is 12.3. The number of amides is 2. The Hall–Kier alpha value is -1.93. The average molecular weight is 452 g/mol. The first kappa shape index (κ1) is 25.3. The Bertz CT molecular complexity index is 673. The zero-order valence-corrected chi connectivity index (χ0v) is 20.0. The molecule has 1 fully saturated rings. The van der Waals surface area contributed by atoms with Gasteiger partial charge in [-0.05, 0) is 57.6 Å². The molecule has 1 aliphatic rings. The smallest absolute Gasteiger partial charge is 0.410 e. The number of carbonyl (C=O) groups is 2. The van der Waals surface area contributed by atoms with Crippen LogP contribution in [-0.2, 0) is 16.1 Å². The van der Waals surface area contributed by atoms with Crippen LogP contribution in [0.25, 0.3) is 0 Å². The van der Waals surface area contributed by atoms with Crippen molar-refractivity contribution in [2.45, 2.75) is 64.3 Å². The average Bonchev–Trinajstić information content (AvgIpc) is 2.73. The molecule has 8 heteroatoms. The minimum Gasteiger partial charge on any atom is -0.445 e. The summed E-state index contributed by atoms with van der Waals surface area (Å²) in [5.74, 6) is 0.966. The molecule has 1 aliphatic heterocycles. The third-order valence-corrected chi connectivity index (χ3v) is 5.65. The zero-order chi connectivity index (χ0) is 22.7. The van der Waals surface area contributed by atoms with Crippen LogP contribution < -0.4 is 10.6 Å². The molecule has 0 spiro atoms. The van der Waals surface area contributed by atoms with Crippen molar-refractivity contribution in [3.8, 4) is 0 Å². The Morgan fingerprint density at radius 2 is 1.87 bits per heavy atom. The molecule has 0 bridgehead atoms. The van der Waals surface area contributed by atoms with E-state index in [0.717, 1.165) is 30.6 Å². The molecule has 174 valence electrons. The maximum Gasteiger partial charge on any atom is 0.410 e. The van der Waals surface area contributed by atoms with E-state index in [-0.39, 0.29) is 18.2 Å². The van der Waals surface area contributed by atoms with E-state index in [2.05, 4.69) is 16.9 Å². The van der Waals surface area contributed by atoms with Crippen molar-refractivity contribution >= 4 is 23.9 Å². The van der Waals surface area contributed by atoms with Crippen LogP contribution in [0.2, 0.25) is 0 Å². The number of ether oxygens (including phenoxy) is 2. The minimum atomic E-state index is -0.510. The summed E-state index contributed by atoms with van der Waals surface area (Å²) in [7, 11) is 0. The summed E-state index contributed by atoms with van der Waals surface area (Å²) in [4.78, 5) is 26.2. The van der Waals surface area contributed by atoms with Gasteiger partial charge >= 0.3 is 12.2 Å². The minimum absolute atomic E-state index is 0.0103. The third kappa shape index (κ3) is 10.3. The van der Waals surface area contributed by atoms with Crippen LogP contribution in [0.1, 0.15) is 45.6 Å². The van der Waals surface area contributed by atoms with E-state index in [1.165, 1.54) is 0 Å². The number of benzene rings is 1. The Labute approximate surface area is 190 Å². The first-order valence-electron chi connectivity index (χ1n) is 10.9. The molecule has 0 aliphatic carbocycles. The van der Waals surface area contributed by atoms with Gasteiger partial charge in [0.2, 0.25) is 0 Å². The van der Waals surface area contributed by atoms with E-state index in [1.807, 2.05) is 51.1 Å². The molecule has 1 heterocycles. The van der Waals surface area contributed by atoms with Crippen LogP contribution >= 0.6 is 11.8 Å². The summed E-state index contributed by atoms with van der Waals surface area (Å²) in [6.07, 6.45) is 4.02. The Kier molecular flexibility index (Phi) is 10.5. The van der Waals surface area contributed by atoms with Crippen molar-refractivity contribution in [2.75, 3.05) is 31.6 Å². The lowest BCUT2D eigenvalue weighted by molar-refractivity contribution is 0.0499. The molecule has 1 aromatic rings. The number of rotatable bonds is 9. The number of alkyl carbamates (subject to hydrolysis) is 1. The first-order valence-corrected chi connectivity index (χ1v) is 12.3. The predicted molar refractivity (Wildman–Crippen MR) is 125 cm³/mol. The van der Waals surface area contributed by atoms with E-state index in [9.17, 15) is 9.59 Å². The first-order chi connectivity index (χ1) is 14.8. The highest BCUT2D eigenvalue weighted by atomic mass is 32.2. The lowest BCUT2D eigenvalue weighted by Crippen LogP contribution is -2.50. The normalized spacial score (nSPS) is 15.9. The van der Waals surface area contributed by atoms with Gasteiger partial charge in [-0.1, -0.05) is 30.3 Å². The fourth-order valence-electron chi connectivity index (χ4n) is 3.35. The van der Waals surface area contributed by atoms with Crippen molar-refractivity contribution in [2.24, 2.45) is 0 Å². The van der Waals surface area contributed by atoms with Gasteiger partial charge in [-0.25, -0.2) is 9.59 Å². The highest BCUT2D eigenvalue weighted by molar-refractivity contribution is 7.98. The van der Waals surface area contributed by atoms with Crippen LogP contribution in [-0.4, -0.2) is 66.4 Å². The van der Waals surface area contributed by atoms with Crippen molar-refractivity contribution in [3.63, 3.8) is 0 Å².